The minimum Gasteiger partial charge on any atom is -0.467 e. The number of carbonyl (C=O) groups is 4. The molecule has 0 bridgehead atoms. The van der Waals surface area contributed by atoms with Crippen molar-refractivity contribution in [2.24, 2.45) is 0 Å². The van der Waals surface area contributed by atoms with Gasteiger partial charge >= 0.3 is 23.9 Å². The van der Waals surface area contributed by atoms with Crippen molar-refractivity contribution < 1.29 is 47.3 Å². The first-order valence-electron chi connectivity index (χ1n) is 6.56. The summed E-state index contributed by atoms with van der Waals surface area (Å²) in [5, 5.41) is 0. The van der Waals surface area contributed by atoms with Gasteiger partial charge in [0.15, 0.2) is 24.4 Å². The Labute approximate surface area is 130 Å². The average Bonchev–Trinajstić information content (AvgIpc) is 2.43. The second-order valence-electron chi connectivity index (χ2n) is 4.65. The van der Waals surface area contributed by atoms with Gasteiger partial charge in [0.2, 0.25) is 6.36 Å². The van der Waals surface area contributed by atoms with E-state index in [-0.39, 0.29) is 0 Å². The summed E-state index contributed by atoms with van der Waals surface area (Å²) >= 11 is 0. The van der Waals surface area contributed by atoms with Gasteiger partial charge in [-0.3, -0.25) is 14.4 Å². The molecule has 0 saturated carbocycles. The van der Waals surface area contributed by atoms with Crippen molar-refractivity contribution in [3.8, 4) is 0 Å². The molecule has 0 N–H and O–H groups in total. The number of esters is 4. The predicted molar refractivity (Wildman–Crippen MR) is 68.4 cm³/mol. The summed E-state index contributed by atoms with van der Waals surface area (Å²) in [6.07, 6.45) is -8.80. The highest BCUT2D eigenvalue weighted by Crippen LogP contribution is 2.30. The zero-order valence-corrected chi connectivity index (χ0v) is 12.9. The second-order valence-corrected chi connectivity index (χ2v) is 4.65. The lowest BCUT2D eigenvalue weighted by molar-refractivity contribution is -0.271. The Bertz CT molecular complexity index is 492. The Hall–Kier alpha value is -2.23. The maximum atomic E-state index is 14.1. The van der Waals surface area contributed by atoms with Crippen molar-refractivity contribution in [3.63, 3.8) is 0 Å². The van der Waals surface area contributed by atoms with Crippen molar-refractivity contribution in [1.29, 1.82) is 0 Å². The standard InChI is InChI=1S/C13H17FO9/c1-5(15)20-8-9(21-6(2)16)11(13(18)19-4)23-12(14)10(8)22-7(3)17/h8-12H,1-4H3/t8-,9+,10+,11-,12+/m0/s1. The molecule has 0 radical (unpaired) electrons. The van der Waals surface area contributed by atoms with Gasteiger partial charge in [0.1, 0.15) is 0 Å². The van der Waals surface area contributed by atoms with E-state index in [4.69, 9.17) is 18.9 Å². The van der Waals surface area contributed by atoms with Gasteiger partial charge in [0.25, 0.3) is 0 Å². The van der Waals surface area contributed by atoms with E-state index in [2.05, 4.69) is 4.74 Å². The van der Waals surface area contributed by atoms with Gasteiger partial charge in [-0.05, 0) is 0 Å². The molecule has 1 rings (SSSR count). The number of halogens is 1. The summed E-state index contributed by atoms with van der Waals surface area (Å²) in [5.41, 5.74) is 0. The summed E-state index contributed by atoms with van der Waals surface area (Å²) < 4.78 is 37.9. The third kappa shape index (κ3) is 4.88. The van der Waals surface area contributed by atoms with Crippen LogP contribution in [0.5, 0.6) is 0 Å². The first kappa shape index (κ1) is 18.8. The van der Waals surface area contributed by atoms with Crippen LogP contribution in [0.15, 0.2) is 0 Å². The Balaban J connectivity index is 3.21. The van der Waals surface area contributed by atoms with Crippen LogP contribution < -0.4 is 0 Å². The minimum atomic E-state index is -2.29. The van der Waals surface area contributed by atoms with E-state index >= 15 is 0 Å². The van der Waals surface area contributed by atoms with E-state index in [9.17, 15) is 23.6 Å². The fourth-order valence-electron chi connectivity index (χ4n) is 2.07. The van der Waals surface area contributed by atoms with Gasteiger partial charge in [-0.1, -0.05) is 0 Å². The topological polar surface area (TPSA) is 114 Å². The van der Waals surface area contributed by atoms with Crippen LogP contribution in [0, 0.1) is 0 Å². The van der Waals surface area contributed by atoms with Crippen LogP contribution in [0.3, 0.4) is 0 Å². The van der Waals surface area contributed by atoms with Crippen LogP contribution in [0.1, 0.15) is 20.8 Å². The lowest BCUT2D eigenvalue weighted by Crippen LogP contribution is -2.62. The van der Waals surface area contributed by atoms with Crippen molar-refractivity contribution in [3.05, 3.63) is 0 Å². The Morgan fingerprint density at radius 2 is 1.26 bits per heavy atom. The number of ether oxygens (including phenoxy) is 5. The number of carbonyl (C=O) groups excluding carboxylic acids is 4. The van der Waals surface area contributed by atoms with Gasteiger partial charge in [0.05, 0.1) is 7.11 Å². The molecule has 10 heteroatoms. The summed E-state index contributed by atoms with van der Waals surface area (Å²) in [5.74, 6) is -3.63. The summed E-state index contributed by atoms with van der Waals surface area (Å²) in [7, 11) is 1.02. The van der Waals surface area contributed by atoms with Crippen molar-refractivity contribution in [2.45, 2.75) is 51.5 Å². The van der Waals surface area contributed by atoms with Crippen LogP contribution >= 0.6 is 0 Å². The van der Waals surface area contributed by atoms with E-state index in [1.165, 1.54) is 0 Å². The quantitative estimate of drug-likeness (QED) is 0.502. The molecule has 0 amide bonds. The van der Waals surface area contributed by atoms with E-state index in [1.807, 2.05) is 0 Å². The van der Waals surface area contributed by atoms with E-state index in [1.54, 1.807) is 0 Å². The molecule has 0 aromatic rings. The van der Waals surface area contributed by atoms with Crippen LogP contribution in [0.25, 0.3) is 0 Å². The number of alkyl halides is 1. The van der Waals surface area contributed by atoms with E-state index in [0.717, 1.165) is 27.9 Å². The first-order chi connectivity index (χ1) is 10.7. The number of rotatable bonds is 4. The highest BCUT2D eigenvalue weighted by atomic mass is 19.1. The van der Waals surface area contributed by atoms with Crippen molar-refractivity contribution in [1.82, 2.24) is 0 Å². The Kier molecular flexibility index (Phi) is 6.43. The van der Waals surface area contributed by atoms with Crippen LogP contribution in [-0.2, 0) is 42.9 Å². The minimum absolute atomic E-state index is 0.844. The predicted octanol–water partition coefficient (Wildman–Crippen LogP) is -0.351. The molecule has 23 heavy (non-hydrogen) atoms. The molecular formula is C13H17FO9. The molecule has 1 aliphatic heterocycles. The number of methoxy groups -OCH3 is 1. The molecule has 0 aromatic carbocycles. The van der Waals surface area contributed by atoms with Crippen LogP contribution in [0.2, 0.25) is 0 Å². The largest absolute Gasteiger partial charge is 0.467 e. The molecule has 130 valence electrons. The zero-order chi connectivity index (χ0) is 17.7. The Morgan fingerprint density at radius 1 is 0.826 bits per heavy atom. The fourth-order valence-corrected chi connectivity index (χ4v) is 2.07. The van der Waals surface area contributed by atoms with Gasteiger partial charge < -0.3 is 23.7 Å². The van der Waals surface area contributed by atoms with Gasteiger partial charge in [-0.15, -0.1) is 0 Å². The second kappa shape index (κ2) is 7.86. The highest BCUT2D eigenvalue weighted by molar-refractivity contribution is 5.77. The lowest BCUT2D eigenvalue weighted by Gasteiger charge is -2.40. The maximum absolute atomic E-state index is 14.1. The summed E-state index contributed by atoms with van der Waals surface area (Å²) in [6, 6.07) is 0. The molecule has 1 saturated heterocycles. The number of hydrogen-bond donors (Lipinski definition) is 0. The fraction of sp³-hybridized carbons (Fsp3) is 0.692. The molecule has 0 aliphatic carbocycles. The number of hydrogen-bond acceptors (Lipinski definition) is 9. The molecule has 0 unspecified atom stereocenters. The molecule has 1 fully saturated rings. The SMILES string of the molecule is COC(=O)[C@H]1O[C@@H](F)[C@H](OC(C)=O)[C@@H](OC(C)=O)[C@H]1OC(C)=O. The zero-order valence-electron chi connectivity index (χ0n) is 12.9. The Morgan fingerprint density at radius 3 is 1.70 bits per heavy atom. The molecule has 9 nitrogen and oxygen atoms in total. The molecular weight excluding hydrogens is 319 g/mol. The normalized spacial score (nSPS) is 30.0. The van der Waals surface area contributed by atoms with E-state index < -0.39 is 54.7 Å². The van der Waals surface area contributed by atoms with Crippen molar-refractivity contribution in [2.75, 3.05) is 7.11 Å². The van der Waals surface area contributed by atoms with E-state index in [0.29, 0.717) is 0 Å². The van der Waals surface area contributed by atoms with Crippen LogP contribution in [0.4, 0.5) is 4.39 Å². The average molecular weight is 336 g/mol. The highest BCUT2D eigenvalue weighted by Gasteiger charge is 2.55. The molecule has 0 spiro atoms. The molecule has 5 atom stereocenters. The lowest BCUT2D eigenvalue weighted by atomic mass is 9.98. The maximum Gasteiger partial charge on any atom is 0.339 e. The van der Waals surface area contributed by atoms with Crippen LogP contribution in [-0.4, -0.2) is 61.8 Å². The molecule has 0 aromatic heterocycles. The summed E-state index contributed by atoms with van der Waals surface area (Å²) in [6.45, 7) is 3.05. The van der Waals surface area contributed by atoms with Crippen molar-refractivity contribution >= 4 is 23.9 Å². The van der Waals surface area contributed by atoms with Gasteiger partial charge in [-0.25, -0.2) is 9.18 Å². The monoisotopic (exact) mass is 336 g/mol. The van der Waals surface area contributed by atoms with Gasteiger partial charge in [-0.2, -0.15) is 0 Å². The third-order valence-corrected chi connectivity index (χ3v) is 2.82. The smallest absolute Gasteiger partial charge is 0.339 e. The molecule has 1 aliphatic rings. The first-order valence-corrected chi connectivity index (χ1v) is 6.56. The van der Waals surface area contributed by atoms with Gasteiger partial charge in [0, 0.05) is 20.8 Å². The molecule has 1 heterocycles. The third-order valence-electron chi connectivity index (χ3n) is 2.82. The summed E-state index contributed by atoms with van der Waals surface area (Å²) in [4.78, 5) is 45.3.